The van der Waals surface area contributed by atoms with Crippen molar-refractivity contribution in [3.63, 3.8) is 0 Å². The van der Waals surface area contributed by atoms with Gasteiger partial charge in [0.2, 0.25) is 0 Å². The summed E-state index contributed by atoms with van der Waals surface area (Å²) in [5.74, 6) is 1.11. The molecular formula is C31H28N4O3. The van der Waals surface area contributed by atoms with Crippen molar-refractivity contribution in [1.82, 2.24) is 15.2 Å². The first-order valence-electron chi connectivity index (χ1n) is 12.5. The molecule has 0 radical (unpaired) electrons. The van der Waals surface area contributed by atoms with Crippen molar-refractivity contribution in [1.29, 1.82) is 0 Å². The molecule has 0 atom stereocenters. The van der Waals surface area contributed by atoms with E-state index in [4.69, 9.17) is 14.6 Å². The molecule has 0 bridgehead atoms. The Bertz CT molecular complexity index is 1540. The van der Waals surface area contributed by atoms with E-state index in [1.54, 1.807) is 10.9 Å². The van der Waals surface area contributed by atoms with Crippen molar-refractivity contribution in [2.75, 3.05) is 13.2 Å². The smallest absolute Gasteiger partial charge is 0.277 e. The Balaban J connectivity index is 1.31. The van der Waals surface area contributed by atoms with Crippen LogP contribution in [0, 0.1) is 0 Å². The Kier molecular flexibility index (Phi) is 7.75. The number of carbonyl (C=O) groups is 1. The Morgan fingerprint density at radius 1 is 0.921 bits per heavy atom. The van der Waals surface area contributed by atoms with Crippen molar-refractivity contribution in [2.45, 2.75) is 13.3 Å². The summed E-state index contributed by atoms with van der Waals surface area (Å²) >= 11 is 0. The number of hydrazone groups is 1. The fourth-order valence-corrected chi connectivity index (χ4v) is 4.02. The highest BCUT2D eigenvalue weighted by Gasteiger charge is 2.12. The molecule has 0 saturated carbocycles. The first kappa shape index (κ1) is 24.8. The number of fused-ring (bicyclic) bond motifs is 1. The standard InChI is InChI=1S/C31H28N4O3/c1-2-19-37-27-17-15-24(16-18-27)31-25(21-35(34-31)26-11-4-3-5-12-26)20-32-33-30(36)22-38-29-14-8-10-23-9-6-7-13-28(23)29/h3-18,20-21H,2,19,22H2,1H3,(H,33,36). The van der Waals surface area contributed by atoms with Gasteiger partial charge in [-0.1, -0.05) is 61.5 Å². The van der Waals surface area contributed by atoms with Crippen LogP contribution in [0.5, 0.6) is 11.5 Å². The van der Waals surface area contributed by atoms with Gasteiger partial charge in [0.15, 0.2) is 6.61 Å². The fraction of sp³-hybridized carbons (Fsp3) is 0.129. The van der Waals surface area contributed by atoms with Crippen LogP contribution in [0.1, 0.15) is 18.9 Å². The molecule has 7 nitrogen and oxygen atoms in total. The van der Waals surface area contributed by atoms with E-state index in [-0.39, 0.29) is 12.5 Å². The monoisotopic (exact) mass is 504 g/mol. The zero-order chi connectivity index (χ0) is 26.2. The maximum absolute atomic E-state index is 12.5. The summed E-state index contributed by atoms with van der Waals surface area (Å²) in [6.07, 6.45) is 4.43. The van der Waals surface area contributed by atoms with E-state index in [0.29, 0.717) is 12.4 Å². The van der Waals surface area contributed by atoms with Gasteiger partial charge in [0.05, 0.1) is 18.5 Å². The summed E-state index contributed by atoms with van der Waals surface area (Å²) in [4.78, 5) is 12.5. The highest BCUT2D eigenvalue weighted by atomic mass is 16.5. The predicted octanol–water partition coefficient (Wildman–Crippen LogP) is 6.01. The number of para-hydroxylation sites is 1. The maximum atomic E-state index is 12.5. The molecule has 1 aromatic heterocycles. The quantitative estimate of drug-likeness (QED) is 0.187. The van der Waals surface area contributed by atoms with E-state index in [2.05, 4.69) is 17.5 Å². The lowest BCUT2D eigenvalue weighted by molar-refractivity contribution is -0.123. The van der Waals surface area contributed by atoms with Gasteiger partial charge in [0.1, 0.15) is 17.2 Å². The molecular weight excluding hydrogens is 476 g/mol. The summed E-state index contributed by atoms with van der Waals surface area (Å²) in [7, 11) is 0. The van der Waals surface area contributed by atoms with E-state index >= 15 is 0 Å². The second kappa shape index (κ2) is 11.9. The number of ether oxygens (including phenoxy) is 2. The Morgan fingerprint density at radius 2 is 1.68 bits per heavy atom. The minimum Gasteiger partial charge on any atom is -0.494 e. The van der Waals surface area contributed by atoms with Crippen molar-refractivity contribution in [3.05, 3.63) is 109 Å². The lowest BCUT2D eigenvalue weighted by Crippen LogP contribution is -2.24. The topological polar surface area (TPSA) is 77.7 Å². The van der Waals surface area contributed by atoms with Gasteiger partial charge in [-0.05, 0) is 54.3 Å². The number of benzene rings is 4. The highest BCUT2D eigenvalue weighted by Crippen LogP contribution is 2.26. The average molecular weight is 505 g/mol. The van der Waals surface area contributed by atoms with E-state index in [0.717, 1.165) is 45.5 Å². The number of aromatic nitrogens is 2. The number of carbonyl (C=O) groups excluding carboxylic acids is 1. The summed E-state index contributed by atoms with van der Waals surface area (Å²) in [5, 5.41) is 11.0. The fourth-order valence-electron chi connectivity index (χ4n) is 4.02. The Hall–Kier alpha value is -4.91. The van der Waals surface area contributed by atoms with E-state index in [1.165, 1.54) is 0 Å². The summed E-state index contributed by atoms with van der Waals surface area (Å²) < 4.78 is 13.3. The van der Waals surface area contributed by atoms with Crippen LogP contribution in [-0.2, 0) is 4.79 Å². The zero-order valence-corrected chi connectivity index (χ0v) is 21.1. The maximum Gasteiger partial charge on any atom is 0.277 e. The van der Waals surface area contributed by atoms with Gasteiger partial charge in [-0.2, -0.15) is 10.2 Å². The second-order valence-corrected chi connectivity index (χ2v) is 8.65. The van der Waals surface area contributed by atoms with Crippen molar-refractivity contribution in [2.24, 2.45) is 5.10 Å². The molecule has 0 fully saturated rings. The third-order valence-electron chi connectivity index (χ3n) is 5.87. The van der Waals surface area contributed by atoms with Crippen LogP contribution in [0.4, 0.5) is 0 Å². The van der Waals surface area contributed by atoms with Crippen LogP contribution in [0.25, 0.3) is 27.7 Å². The molecule has 0 spiro atoms. The Labute approximate surface area is 221 Å². The number of amides is 1. The molecule has 0 aliphatic carbocycles. The average Bonchev–Trinajstić information content (AvgIpc) is 3.40. The second-order valence-electron chi connectivity index (χ2n) is 8.65. The van der Waals surface area contributed by atoms with Gasteiger partial charge < -0.3 is 9.47 Å². The third-order valence-corrected chi connectivity index (χ3v) is 5.87. The third kappa shape index (κ3) is 5.90. The molecule has 1 amide bonds. The van der Waals surface area contributed by atoms with E-state index in [1.807, 2.05) is 103 Å². The lowest BCUT2D eigenvalue weighted by atomic mass is 10.1. The summed E-state index contributed by atoms with van der Waals surface area (Å²) in [6.45, 7) is 2.59. The molecule has 38 heavy (non-hydrogen) atoms. The lowest BCUT2D eigenvalue weighted by Gasteiger charge is -2.08. The zero-order valence-electron chi connectivity index (χ0n) is 21.1. The van der Waals surface area contributed by atoms with E-state index < -0.39 is 0 Å². The number of hydrogen-bond acceptors (Lipinski definition) is 5. The molecule has 0 aliphatic heterocycles. The molecule has 0 aliphatic rings. The molecule has 7 heteroatoms. The number of nitrogens with zero attached hydrogens (tertiary/aromatic N) is 3. The molecule has 1 N–H and O–H groups in total. The van der Waals surface area contributed by atoms with Crippen LogP contribution in [-0.4, -0.2) is 35.1 Å². The number of nitrogens with one attached hydrogen (secondary N) is 1. The normalized spacial score (nSPS) is 11.1. The van der Waals surface area contributed by atoms with Gasteiger partial charge in [0, 0.05) is 22.7 Å². The van der Waals surface area contributed by atoms with Gasteiger partial charge in [-0.3, -0.25) is 4.79 Å². The molecule has 190 valence electrons. The molecule has 4 aromatic carbocycles. The molecule has 5 aromatic rings. The van der Waals surface area contributed by atoms with Gasteiger partial charge in [0.25, 0.3) is 5.91 Å². The summed E-state index contributed by atoms with van der Waals surface area (Å²) in [5.41, 5.74) is 5.88. The van der Waals surface area contributed by atoms with Crippen LogP contribution in [0.15, 0.2) is 108 Å². The molecule has 5 rings (SSSR count). The number of hydrogen-bond donors (Lipinski definition) is 1. The predicted molar refractivity (Wildman–Crippen MR) is 150 cm³/mol. The van der Waals surface area contributed by atoms with Crippen molar-refractivity contribution < 1.29 is 14.3 Å². The minimum atomic E-state index is -0.358. The van der Waals surface area contributed by atoms with Crippen LogP contribution in [0.2, 0.25) is 0 Å². The van der Waals surface area contributed by atoms with Crippen LogP contribution < -0.4 is 14.9 Å². The van der Waals surface area contributed by atoms with E-state index in [9.17, 15) is 4.79 Å². The largest absolute Gasteiger partial charge is 0.494 e. The first-order valence-corrected chi connectivity index (χ1v) is 12.5. The van der Waals surface area contributed by atoms with Gasteiger partial charge in [-0.15, -0.1) is 0 Å². The highest BCUT2D eigenvalue weighted by molar-refractivity contribution is 5.90. The number of rotatable bonds is 10. The van der Waals surface area contributed by atoms with Crippen LogP contribution in [0.3, 0.4) is 0 Å². The van der Waals surface area contributed by atoms with Crippen molar-refractivity contribution in [3.8, 4) is 28.4 Å². The molecule has 0 unspecified atom stereocenters. The molecule has 1 heterocycles. The van der Waals surface area contributed by atoms with Crippen LogP contribution >= 0.6 is 0 Å². The Morgan fingerprint density at radius 3 is 2.50 bits per heavy atom. The van der Waals surface area contributed by atoms with Crippen molar-refractivity contribution >= 4 is 22.9 Å². The molecule has 0 saturated heterocycles. The minimum absolute atomic E-state index is 0.152. The summed E-state index contributed by atoms with van der Waals surface area (Å²) in [6, 6.07) is 31.3. The SMILES string of the molecule is CCCOc1ccc(-c2nn(-c3ccccc3)cc2C=NNC(=O)COc2cccc3ccccc23)cc1. The first-order chi connectivity index (χ1) is 18.7. The van der Waals surface area contributed by atoms with Gasteiger partial charge >= 0.3 is 0 Å². The van der Waals surface area contributed by atoms with Gasteiger partial charge in [-0.25, -0.2) is 10.1 Å².